The van der Waals surface area contributed by atoms with Gasteiger partial charge in [-0.25, -0.2) is 0 Å². The number of hydrogen-bond acceptors (Lipinski definition) is 3. The van der Waals surface area contributed by atoms with E-state index in [9.17, 15) is 4.79 Å². The molecule has 1 saturated carbocycles. The molecule has 3 aliphatic rings. The summed E-state index contributed by atoms with van der Waals surface area (Å²) >= 11 is 0. The van der Waals surface area contributed by atoms with Gasteiger partial charge in [0.15, 0.2) is 0 Å². The summed E-state index contributed by atoms with van der Waals surface area (Å²) in [5, 5.41) is 0. The minimum absolute atomic E-state index is 0.222. The number of nitrogens with zero attached hydrogens (tertiary/aromatic N) is 2. The zero-order valence-electron chi connectivity index (χ0n) is 12.6. The number of hydrogen-bond donors (Lipinski definition) is 1. The molecule has 3 rings (SSSR count). The van der Waals surface area contributed by atoms with Crippen LogP contribution in [0.5, 0.6) is 0 Å². The molecule has 20 heavy (non-hydrogen) atoms. The Morgan fingerprint density at radius 3 is 2.55 bits per heavy atom. The molecule has 1 amide bonds. The molecule has 114 valence electrons. The Labute approximate surface area is 122 Å². The maximum atomic E-state index is 12.7. The highest BCUT2D eigenvalue weighted by atomic mass is 16.2. The molecule has 0 aromatic rings. The van der Waals surface area contributed by atoms with Gasteiger partial charge in [0.05, 0.1) is 0 Å². The first-order valence-corrected chi connectivity index (χ1v) is 8.52. The van der Waals surface area contributed by atoms with Gasteiger partial charge >= 0.3 is 0 Å². The summed E-state index contributed by atoms with van der Waals surface area (Å²) in [7, 11) is 0. The molecule has 4 heteroatoms. The minimum atomic E-state index is 0.222. The quantitative estimate of drug-likeness (QED) is 0.850. The van der Waals surface area contributed by atoms with Crippen LogP contribution in [0.2, 0.25) is 0 Å². The van der Waals surface area contributed by atoms with Crippen molar-refractivity contribution in [2.45, 2.75) is 51.0 Å². The molecule has 1 aliphatic carbocycles. The van der Waals surface area contributed by atoms with Crippen LogP contribution in [0.15, 0.2) is 0 Å². The maximum Gasteiger partial charge on any atom is 0.226 e. The van der Waals surface area contributed by atoms with Crippen molar-refractivity contribution in [3.63, 3.8) is 0 Å². The number of carbonyl (C=O) groups is 1. The lowest BCUT2D eigenvalue weighted by atomic mass is 9.95. The highest BCUT2D eigenvalue weighted by molar-refractivity contribution is 5.79. The Morgan fingerprint density at radius 2 is 1.80 bits per heavy atom. The normalized spacial score (nSPS) is 35.6. The summed E-state index contributed by atoms with van der Waals surface area (Å²) in [4.78, 5) is 17.5. The van der Waals surface area contributed by atoms with E-state index in [1.807, 2.05) is 0 Å². The Kier molecular flexibility index (Phi) is 4.61. The van der Waals surface area contributed by atoms with Crippen molar-refractivity contribution in [2.75, 3.05) is 32.7 Å². The number of nitrogens with two attached hydrogens (primary N) is 1. The van der Waals surface area contributed by atoms with Crippen molar-refractivity contribution in [3.05, 3.63) is 0 Å². The van der Waals surface area contributed by atoms with Crippen molar-refractivity contribution in [1.82, 2.24) is 9.80 Å². The maximum absolute atomic E-state index is 12.7. The third-order valence-corrected chi connectivity index (χ3v) is 5.66. The fourth-order valence-electron chi connectivity index (χ4n) is 4.40. The predicted molar refractivity (Wildman–Crippen MR) is 80.3 cm³/mol. The van der Waals surface area contributed by atoms with E-state index in [4.69, 9.17) is 5.73 Å². The Bertz CT molecular complexity index is 341. The van der Waals surface area contributed by atoms with Crippen LogP contribution >= 0.6 is 0 Å². The van der Waals surface area contributed by atoms with Gasteiger partial charge in [0.25, 0.3) is 0 Å². The molecule has 2 saturated heterocycles. The number of carbonyl (C=O) groups excluding carboxylic acids is 1. The highest BCUT2D eigenvalue weighted by Gasteiger charge is 2.38. The number of rotatable bonds is 3. The van der Waals surface area contributed by atoms with Gasteiger partial charge in [-0.05, 0) is 57.7 Å². The van der Waals surface area contributed by atoms with Crippen molar-refractivity contribution >= 4 is 5.91 Å². The molecular weight excluding hydrogens is 250 g/mol. The van der Waals surface area contributed by atoms with Gasteiger partial charge in [-0.3, -0.25) is 9.69 Å². The molecule has 3 atom stereocenters. The van der Waals surface area contributed by atoms with Gasteiger partial charge < -0.3 is 10.6 Å². The Balaban J connectivity index is 1.55. The van der Waals surface area contributed by atoms with E-state index in [1.54, 1.807) is 0 Å². The molecule has 0 bridgehead atoms. The predicted octanol–water partition coefficient (Wildman–Crippen LogP) is 1.45. The summed E-state index contributed by atoms with van der Waals surface area (Å²) < 4.78 is 0. The first-order valence-electron chi connectivity index (χ1n) is 8.52. The van der Waals surface area contributed by atoms with Crippen LogP contribution in [0.4, 0.5) is 0 Å². The van der Waals surface area contributed by atoms with Crippen LogP contribution in [0.3, 0.4) is 0 Å². The third-order valence-electron chi connectivity index (χ3n) is 5.66. The molecule has 1 unspecified atom stereocenters. The van der Waals surface area contributed by atoms with Crippen molar-refractivity contribution < 1.29 is 4.79 Å². The largest absolute Gasteiger partial charge is 0.341 e. The molecular formula is C16H29N3O. The zero-order valence-corrected chi connectivity index (χ0v) is 12.6. The molecule has 3 fully saturated rings. The molecule has 0 aromatic heterocycles. The SMILES string of the molecule is NC[C@H]1CCC[C@H]1C(=O)N1CCC(N2CCCCC2)C1. The average Bonchev–Trinajstić information content (AvgIpc) is 3.16. The highest BCUT2D eigenvalue weighted by Crippen LogP contribution is 2.33. The van der Waals surface area contributed by atoms with Crippen molar-refractivity contribution in [3.8, 4) is 0 Å². The Morgan fingerprint density at radius 1 is 1.00 bits per heavy atom. The summed E-state index contributed by atoms with van der Waals surface area (Å²) in [5.74, 6) is 1.06. The van der Waals surface area contributed by atoms with E-state index in [1.165, 1.54) is 45.2 Å². The van der Waals surface area contributed by atoms with E-state index >= 15 is 0 Å². The summed E-state index contributed by atoms with van der Waals surface area (Å²) in [6.07, 6.45) is 8.62. The topological polar surface area (TPSA) is 49.6 Å². The Hall–Kier alpha value is -0.610. The van der Waals surface area contributed by atoms with E-state index < -0.39 is 0 Å². The summed E-state index contributed by atoms with van der Waals surface area (Å²) in [6.45, 7) is 5.09. The average molecular weight is 279 g/mol. The number of amides is 1. The lowest BCUT2D eigenvalue weighted by Gasteiger charge is -2.32. The van der Waals surface area contributed by atoms with Crippen LogP contribution in [0, 0.1) is 11.8 Å². The first kappa shape index (κ1) is 14.3. The third kappa shape index (κ3) is 2.86. The second-order valence-corrected chi connectivity index (χ2v) is 6.86. The smallest absolute Gasteiger partial charge is 0.226 e. The number of likely N-dealkylation sites (tertiary alicyclic amines) is 2. The van der Waals surface area contributed by atoms with Gasteiger partial charge in [0, 0.05) is 25.0 Å². The monoisotopic (exact) mass is 279 g/mol. The van der Waals surface area contributed by atoms with E-state index in [-0.39, 0.29) is 5.92 Å². The van der Waals surface area contributed by atoms with E-state index in [0.29, 0.717) is 24.4 Å². The van der Waals surface area contributed by atoms with Gasteiger partial charge in [0.2, 0.25) is 5.91 Å². The van der Waals surface area contributed by atoms with E-state index in [0.717, 1.165) is 25.9 Å². The molecule has 0 spiro atoms. The van der Waals surface area contributed by atoms with E-state index in [2.05, 4.69) is 9.80 Å². The molecule has 2 N–H and O–H groups in total. The first-order chi connectivity index (χ1) is 9.79. The molecule has 2 heterocycles. The van der Waals surface area contributed by atoms with Crippen LogP contribution < -0.4 is 5.73 Å². The van der Waals surface area contributed by atoms with Gasteiger partial charge in [-0.15, -0.1) is 0 Å². The van der Waals surface area contributed by atoms with Crippen molar-refractivity contribution in [2.24, 2.45) is 17.6 Å². The van der Waals surface area contributed by atoms with Crippen LogP contribution in [0.25, 0.3) is 0 Å². The molecule has 4 nitrogen and oxygen atoms in total. The second kappa shape index (κ2) is 6.44. The lowest BCUT2D eigenvalue weighted by molar-refractivity contribution is -0.135. The zero-order chi connectivity index (χ0) is 13.9. The fourth-order valence-corrected chi connectivity index (χ4v) is 4.40. The van der Waals surface area contributed by atoms with Crippen LogP contribution in [-0.4, -0.2) is 54.5 Å². The van der Waals surface area contributed by atoms with Crippen LogP contribution in [0.1, 0.15) is 44.9 Å². The van der Waals surface area contributed by atoms with Gasteiger partial charge in [-0.2, -0.15) is 0 Å². The lowest BCUT2D eigenvalue weighted by Crippen LogP contribution is -2.43. The van der Waals surface area contributed by atoms with Crippen LogP contribution in [-0.2, 0) is 4.79 Å². The van der Waals surface area contributed by atoms with Crippen molar-refractivity contribution in [1.29, 1.82) is 0 Å². The van der Waals surface area contributed by atoms with Gasteiger partial charge in [0.1, 0.15) is 0 Å². The van der Waals surface area contributed by atoms with Gasteiger partial charge in [-0.1, -0.05) is 12.8 Å². The molecule has 0 radical (unpaired) electrons. The molecule has 0 aromatic carbocycles. The number of piperidine rings is 1. The standard InChI is InChI=1S/C16H29N3O/c17-11-13-5-4-6-15(13)16(20)19-10-7-14(12-19)18-8-2-1-3-9-18/h13-15H,1-12,17H2/t13-,14?,15-/m1/s1. The fraction of sp³-hybridized carbons (Fsp3) is 0.938. The summed E-state index contributed by atoms with van der Waals surface area (Å²) in [6, 6.07) is 0.622. The minimum Gasteiger partial charge on any atom is -0.341 e. The summed E-state index contributed by atoms with van der Waals surface area (Å²) in [5.41, 5.74) is 5.83. The second-order valence-electron chi connectivity index (χ2n) is 6.86. The molecule has 2 aliphatic heterocycles.